The molecule has 1 heterocycles. The number of anilines is 2. The highest BCUT2D eigenvalue weighted by atomic mass is 79.9. The van der Waals surface area contributed by atoms with Crippen molar-refractivity contribution in [1.82, 2.24) is 4.98 Å². The number of benzene rings is 1. The van der Waals surface area contributed by atoms with Crippen LogP contribution in [-0.4, -0.2) is 17.9 Å². The number of halogens is 3. The van der Waals surface area contributed by atoms with Crippen molar-refractivity contribution in [1.29, 1.82) is 0 Å². The number of nitrogens with zero attached hydrogens (tertiary/aromatic N) is 1. The van der Waals surface area contributed by atoms with Gasteiger partial charge in [0.05, 0.1) is 11.3 Å². The minimum absolute atomic E-state index is 0.103. The van der Waals surface area contributed by atoms with Crippen molar-refractivity contribution in [3.05, 3.63) is 50.8 Å². The Morgan fingerprint density at radius 3 is 2.70 bits per heavy atom. The third-order valence-electron chi connectivity index (χ3n) is 2.51. The molecule has 0 spiro atoms. The van der Waals surface area contributed by atoms with Crippen molar-refractivity contribution in [3.63, 3.8) is 0 Å². The highest BCUT2D eigenvalue weighted by Crippen LogP contribution is 2.23. The fourth-order valence-corrected chi connectivity index (χ4v) is 2.29. The third-order valence-corrected chi connectivity index (χ3v) is 3.44. The number of rotatable bonds is 3. The van der Waals surface area contributed by atoms with Crippen LogP contribution < -0.4 is 10.6 Å². The summed E-state index contributed by atoms with van der Waals surface area (Å²) in [6, 6.07) is 5.95. The summed E-state index contributed by atoms with van der Waals surface area (Å²) >= 11 is 6.49. The molecule has 104 valence electrons. The van der Waals surface area contributed by atoms with Crippen molar-refractivity contribution in [2.75, 3.05) is 17.7 Å². The van der Waals surface area contributed by atoms with Crippen molar-refractivity contribution in [2.24, 2.45) is 0 Å². The molecule has 7 heteroatoms. The van der Waals surface area contributed by atoms with E-state index in [1.807, 2.05) is 0 Å². The van der Waals surface area contributed by atoms with Gasteiger partial charge in [0.15, 0.2) is 0 Å². The molecule has 0 aliphatic carbocycles. The fourth-order valence-electron chi connectivity index (χ4n) is 1.59. The van der Waals surface area contributed by atoms with Gasteiger partial charge in [-0.2, -0.15) is 0 Å². The summed E-state index contributed by atoms with van der Waals surface area (Å²) in [5.41, 5.74) is 0.424. The lowest BCUT2D eigenvalue weighted by molar-refractivity contribution is 0.102. The van der Waals surface area contributed by atoms with Gasteiger partial charge < -0.3 is 10.6 Å². The summed E-state index contributed by atoms with van der Waals surface area (Å²) in [7, 11) is 1.66. The number of aromatic nitrogens is 1. The molecule has 0 aliphatic rings. The van der Waals surface area contributed by atoms with E-state index < -0.39 is 11.7 Å². The topological polar surface area (TPSA) is 54.0 Å². The van der Waals surface area contributed by atoms with E-state index >= 15 is 0 Å². The highest BCUT2D eigenvalue weighted by Gasteiger charge is 2.14. The first-order chi connectivity index (χ1) is 9.51. The van der Waals surface area contributed by atoms with Gasteiger partial charge in [-0.1, -0.05) is 15.9 Å². The van der Waals surface area contributed by atoms with Gasteiger partial charge in [-0.3, -0.25) is 4.79 Å². The molecular weight excluding hydrogens is 393 g/mol. The molecule has 0 aliphatic heterocycles. The van der Waals surface area contributed by atoms with E-state index in [1.165, 1.54) is 12.1 Å². The zero-order valence-electron chi connectivity index (χ0n) is 10.4. The van der Waals surface area contributed by atoms with E-state index in [0.29, 0.717) is 20.3 Å². The van der Waals surface area contributed by atoms with Crippen molar-refractivity contribution in [3.8, 4) is 0 Å². The van der Waals surface area contributed by atoms with E-state index in [4.69, 9.17) is 0 Å². The maximum absolute atomic E-state index is 13.6. The second-order valence-corrected chi connectivity index (χ2v) is 5.71. The van der Waals surface area contributed by atoms with Crippen molar-refractivity contribution in [2.45, 2.75) is 0 Å². The molecule has 0 saturated carbocycles. The number of carbonyl (C=O) groups excluding carboxylic acids is 1. The molecule has 0 saturated heterocycles. The van der Waals surface area contributed by atoms with Crippen molar-refractivity contribution < 1.29 is 9.18 Å². The first-order valence-corrected chi connectivity index (χ1v) is 7.19. The Labute approximate surface area is 132 Å². The number of hydrogen-bond acceptors (Lipinski definition) is 3. The number of amides is 1. The summed E-state index contributed by atoms with van der Waals surface area (Å²) in [5, 5.41) is 5.34. The molecule has 0 radical (unpaired) electrons. The quantitative estimate of drug-likeness (QED) is 0.814. The predicted molar refractivity (Wildman–Crippen MR) is 83.5 cm³/mol. The minimum Gasteiger partial charge on any atom is -0.372 e. The number of hydrogen-bond donors (Lipinski definition) is 2. The molecule has 0 atom stereocenters. The minimum atomic E-state index is -0.504. The molecular formula is C13H10Br2FN3O. The van der Waals surface area contributed by atoms with Gasteiger partial charge in [-0.25, -0.2) is 9.37 Å². The van der Waals surface area contributed by atoms with E-state index in [2.05, 4.69) is 47.5 Å². The summed E-state index contributed by atoms with van der Waals surface area (Å²) in [6.45, 7) is 0. The molecule has 2 aromatic rings. The van der Waals surface area contributed by atoms with Gasteiger partial charge >= 0.3 is 0 Å². The molecule has 0 fully saturated rings. The zero-order valence-corrected chi connectivity index (χ0v) is 13.5. The van der Waals surface area contributed by atoms with Crippen LogP contribution in [0.1, 0.15) is 10.4 Å². The Kier molecular flexibility index (Phi) is 4.72. The lowest BCUT2D eigenvalue weighted by atomic mass is 10.2. The maximum Gasteiger partial charge on any atom is 0.259 e. The largest absolute Gasteiger partial charge is 0.372 e. The monoisotopic (exact) mass is 401 g/mol. The van der Waals surface area contributed by atoms with Crippen LogP contribution in [0.15, 0.2) is 39.4 Å². The number of nitrogens with one attached hydrogen (secondary N) is 2. The number of pyridine rings is 1. The Bertz CT molecular complexity index is 664. The third kappa shape index (κ3) is 3.34. The molecule has 0 unspecified atom stereocenters. The molecule has 1 aromatic carbocycles. The maximum atomic E-state index is 13.6. The molecule has 1 aromatic heterocycles. The van der Waals surface area contributed by atoms with Gasteiger partial charge in [0.2, 0.25) is 0 Å². The van der Waals surface area contributed by atoms with Gasteiger partial charge in [0, 0.05) is 22.2 Å². The summed E-state index contributed by atoms with van der Waals surface area (Å²) in [5.74, 6) is -0.531. The number of carbonyl (C=O) groups is 1. The normalized spacial score (nSPS) is 10.2. The standard InChI is InChI=1S/C13H10Br2FN3O/c1-17-12-9(4-8(15)6-18-12)13(20)19-11-5-7(14)2-3-10(11)16/h2-6H,1H3,(H,17,18)(H,19,20). The Morgan fingerprint density at radius 2 is 2.00 bits per heavy atom. The molecule has 0 bridgehead atoms. The Morgan fingerprint density at radius 1 is 1.25 bits per heavy atom. The molecule has 4 nitrogen and oxygen atoms in total. The van der Waals surface area contributed by atoms with E-state index in [1.54, 1.807) is 25.4 Å². The Hall–Kier alpha value is -1.47. The van der Waals surface area contributed by atoms with Gasteiger partial charge in [0.1, 0.15) is 11.6 Å². The van der Waals surface area contributed by atoms with Crippen LogP contribution in [-0.2, 0) is 0 Å². The smallest absolute Gasteiger partial charge is 0.259 e. The SMILES string of the molecule is CNc1ncc(Br)cc1C(=O)Nc1cc(Br)ccc1F. The molecule has 20 heavy (non-hydrogen) atoms. The summed E-state index contributed by atoms with van der Waals surface area (Å²) in [6.07, 6.45) is 1.57. The van der Waals surface area contributed by atoms with E-state index in [-0.39, 0.29) is 5.69 Å². The summed E-state index contributed by atoms with van der Waals surface area (Å²) < 4.78 is 15.0. The first-order valence-electron chi connectivity index (χ1n) is 5.61. The average Bonchev–Trinajstić information content (AvgIpc) is 2.42. The highest BCUT2D eigenvalue weighted by molar-refractivity contribution is 9.10. The van der Waals surface area contributed by atoms with Crippen LogP contribution in [0.2, 0.25) is 0 Å². The van der Waals surface area contributed by atoms with Crippen LogP contribution in [0.5, 0.6) is 0 Å². The van der Waals surface area contributed by atoms with Gasteiger partial charge in [-0.05, 0) is 40.2 Å². The van der Waals surface area contributed by atoms with Crippen LogP contribution >= 0.6 is 31.9 Å². The van der Waals surface area contributed by atoms with Crippen LogP contribution in [0.3, 0.4) is 0 Å². The predicted octanol–water partition coefficient (Wildman–Crippen LogP) is 4.04. The fraction of sp³-hybridized carbons (Fsp3) is 0.0769. The molecule has 2 N–H and O–H groups in total. The molecule has 1 amide bonds. The summed E-state index contributed by atoms with van der Waals surface area (Å²) in [4.78, 5) is 16.3. The second kappa shape index (κ2) is 6.32. The Balaban J connectivity index is 2.32. The van der Waals surface area contributed by atoms with Crippen LogP contribution in [0.4, 0.5) is 15.9 Å². The van der Waals surface area contributed by atoms with E-state index in [0.717, 1.165) is 0 Å². The van der Waals surface area contributed by atoms with Crippen molar-refractivity contribution >= 4 is 49.3 Å². The first kappa shape index (κ1) is 14.9. The van der Waals surface area contributed by atoms with Gasteiger partial charge in [0.25, 0.3) is 5.91 Å². The van der Waals surface area contributed by atoms with Crippen LogP contribution in [0, 0.1) is 5.82 Å². The van der Waals surface area contributed by atoms with Crippen LogP contribution in [0.25, 0.3) is 0 Å². The lowest BCUT2D eigenvalue weighted by Crippen LogP contribution is -2.15. The lowest BCUT2D eigenvalue weighted by Gasteiger charge is -2.10. The molecule has 2 rings (SSSR count). The zero-order chi connectivity index (χ0) is 14.7. The average molecular weight is 403 g/mol. The van der Waals surface area contributed by atoms with Gasteiger partial charge in [-0.15, -0.1) is 0 Å². The van der Waals surface area contributed by atoms with E-state index in [9.17, 15) is 9.18 Å². The second-order valence-electron chi connectivity index (χ2n) is 3.88.